The van der Waals surface area contributed by atoms with Crippen LogP contribution in [0.15, 0.2) is 22.7 Å². The lowest BCUT2D eigenvalue weighted by atomic mass is 10.1. The number of hydrogen-bond acceptors (Lipinski definition) is 2. The normalized spacial score (nSPS) is 11.4. The van der Waals surface area contributed by atoms with E-state index in [0.29, 0.717) is 11.8 Å². The SMILES string of the molecule is CCCN(Cc1ccc(O)c(Br)c1)C(C)C. The first-order valence-corrected chi connectivity index (χ1v) is 6.55. The molecule has 16 heavy (non-hydrogen) atoms. The Morgan fingerprint density at radius 2 is 2.06 bits per heavy atom. The maximum Gasteiger partial charge on any atom is 0.129 e. The van der Waals surface area contributed by atoms with Gasteiger partial charge in [-0.05, 0) is 60.4 Å². The molecule has 0 saturated carbocycles. The van der Waals surface area contributed by atoms with E-state index >= 15 is 0 Å². The highest BCUT2D eigenvalue weighted by atomic mass is 79.9. The van der Waals surface area contributed by atoms with Gasteiger partial charge in [-0.3, -0.25) is 4.90 Å². The number of rotatable bonds is 5. The second-order valence-electron chi connectivity index (χ2n) is 4.35. The summed E-state index contributed by atoms with van der Waals surface area (Å²) in [7, 11) is 0. The van der Waals surface area contributed by atoms with Crippen LogP contribution in [0.3, 0.4) is 0 Å². The number of phenols is 1. The summed E-state index contributed by atoms with van der Waals surface area (Å²) in [5.74, 6) is 0.301. The van der Waals surface area contributed by atoms with E-state index in [1.54, 1.807) is 6.07 Å². The fraction of sp³-hybridized carbons (Fsp3) is 0.538. The molecule has 0 atom stereocenters. The lowest BCUT2D eigenvalue weighted by Gasteiger charge is -2.26. The van der Waals surface area contributed by atoms with Crippen molar-refractivity contribution in [3.8, 4) is 5.75 Å². The maximum atomic E-state index is 9.43. The zero-order valence-corrected chi connectivity index (χ0v) is 11.8. The molecule has 0 aromatic heterocycles. The van der Waals surface area contributed by atoms with E-state index in [1.165, 1.54) is 5.56 Å². The smallest absolute Gasteiger partial charge is 0.129 e. The van der Waals surface area contributed by atoms with Crippen molar-refractivity contribution in [1.82, 2.24) is 4.90 Å². The molecule has 90 valence electrons. The van der Waals surface area contributed by atoms with Crippen LogP contribution in [0.5, 0.6) is 5.75 Å². The van der Waals surface area contributed by atoms with Gasteiger partial charge in [0.05, 0.1) is 4.47 Å². The van der Waals surface area contributed by atoms with Crippen molar-refractivity contribution in [1.29, 1.82) is 0 Å². The van der Waals surface area contributed by atoms with Gasteiger partial charge in [-0.15, -0.1) is 0 Å². The number of phenolic OH excluding ortho intramolecular Hbond substituents is 1. The molecule has 1 rings (SSSR count). The molecular formula is C13H20BrNO. The van der Waals surface area contributed by atoms with Crippen LogP contribution in [0.25, 0.3) is 0 Å². The number of hydrogen-bond donors (Lipinski definition) is 1. The van der Waals surface area contributed by atoms with E-state index in [4.69, 9.17) is 0 Å². The van der Waals surface area contributed by atoms with Gasteiger partial charge in [-0.1, -0.05) is 13.0 Å². The highest BCUT2D eigenvalue weighted by Crippen LogP contribution is 2.25. The van der Waals surface area contributed by atoms with Gasteiger partial charge in [-0.2, -0.15) is 0 Å². The number of nitrogens with zero attached hydrogens (tertiary/aromatic N) is 1. The molecule has 2 nitrogen and oxygen atoms in total. The second kappa shape index (κ2) is 6.26. The summed E-state index contributed by atoms with van der Waals surface area (Å²) in [4.78, 5) is 2.43. The lowest BCUT2D eigenvalue weighted by Crippen LogP contribution is -2.30. The highest BCUT2D eigenvalue weighted by Gasteiger charge is 2.09. The van der Waals surface area contributed by atoms with Gasteiger partial charge in [-0.25, -0.2) is 0 Å². The molecule has 0 heterocycles. The summed E-state index contributed by atoms with van der Waals surface area (Å²) in [5, 5.41) is 9.43. The first kappa shape index (κ1) is 13.5. The zero-order valence-electron chi connectivity index (χ0n) is 10.2. The Labute approximate surface area is 106 Å². The van der Waals surface area contributed by atoms with Gasteiger partial charge in [0.2, 0.25) is 0 Å². The minimum absolute atomic E-state index is 0.301. The van der Waals surface area contributed by atoms with E-state index in [1.807, 2.05) is 12.1 Å². The van der Waals surface area contributed by atoms with Gasteiger partial charge >= 0.3 is 0 Å². The van der Waals surface area contributed by atoms with E-state index in [2.05, 4.69) is 41.6 Å². The van der Waals surface area contributed by atoms with Crippen LogP contribution in [-0.4, -0.2) is 22.6 Å². The summed E-state index contributed by atoms with van der Waals surface area (Å²) in [6, 6.07) is 6.25. The van der Waals surface area contributed by atoms with Crippen LogP contribution in [0.2, 0.25) is 0 Å². The van der Waals surface area contributed by atoms with E-state index in [-0.39, 0.29) is 0 Å². The number of halogens is 1. The Morgan fingerprint density at radius 1 is 1.38 bits per heavy atom. The first-order chi connectivity index (χ1) is 7.54. The van der Waals surface area contributed by atoms with Crippen LogP contribution in [-0.2, 0) is 6.54 Å². The maximum absolute atomic E-state index is 9.43. The molecule has 0 aliphatic heterocycles. The predicted molar refractivity (Wildman–Crippen MR) is 71.6 cm³/mol. The number of aromatic hydroxyl groups is 1. The molecule has 3 heteroatoms. The lowest BCUT2D eigenvalue weighted by molar-refractivity contribution is 0.213. The molecule has 1 N–H and O–H groups in total. The topological polar surface area (TPSA) is 23.5 Å². The van der Waals surface area contributed by atoms with E-state index in [0.717, 1.165) is 24.0 Å². The summed E-state index contributed by atoms with van der Waals surface area (Å²) >= 11 is 3.34. The molecule has 1 aromatic rings. The Hall–Kier alpha value is -0.540. The van der Waals surface area contributed by atoms with Crippen LogP contribution in [0.4, 0.5) is 0 Å². The molecule has 0 fully saturated rings. The van der Waals surface area contributed by atoms with Gasteiger partial charge in [0.25, 0.3) is 0 Å². The Morgan fingerprint density at radius 3 is 2.56 bits per heavy atom. The highest BCUT2D eigenvalue weighted by molar-refractivity contribution is 9.10. The fourth-order valence-corrected chi connectivity index (χ4v) is 2.12. The van der Waals surface area contributed by atoms with Crippen LogP contribution < -0.4 is 0 Å². The summed E-state index contributed by atoms with van der Waals surface area (Å²) in [6.07, 6.45) is 1.16. The monoisotopic (exact) mass is 285 g/mol. The average molecular weight is 286 g/mol. The molecule has 0 spiro atoms. The fourth-order valence-electron chi connectivity index (χ4n) is 1.69. The quantitative estimate of drug-likeness (QED) is 0.890. The van der Waals surface area contributed by atoms with E-state index in [9.17, 15) is 5.11 Å². The van der Waals surface area contributed by atoms with Gasteiger partial charge in [0, 0.05) is 12.6 Å². The van der Waals surface area contributed by atoms with Crippen LogP contribution in [0, 0.1) is 0 Å². The Kier molecular flexibility index (Phi) is 5.29. The van der Waals surface area contributed by atoms with E-state index < -0.39 is 0 Å². The Balaban J connectivity index is 2.73. The molecule has 0 saturated heterocycles. The van der Waals surface area contributed by atoms with Crippen molar-refractivity contribution in [2.24, 2.45) is 0 Å². The molecule has 0 radical (unpaired) electrons. The molecule has 0 aliphatic rings. The molecule has 0 aliphatic carbocycles. The second-order valence-corrected chi connectivity index (χ2v) is 5.20. The standard InChI is InChI=1S/C13H20BrNO/c1-4-7-15(10(2)3)9-11-5-6-13(16)12(14)8-11/h5-6,8,10,16H,4,7,9H2,1-3H3. The van der Waals surface area contributed by atoms with Crippen molar-refractivity contribution in [2.75, 3.05) is 6.54 Å². The third kappa shape index (κ3) is 3.80. The zero-order chi connectivity index (χ0) is 12.1. The van der Waals surface area contributed by atoms with Crippen LogP contribution >= 0.6 is 15.9 Å². The van der Waals surface area contributed by atoms with Crippen molar-refractivity contribution in [2.45, 2.75) is 39.8 Å². The minimum Gasteiger partial charge on any atom is -0.507 e. The first-order valence-electron chi connectivity index (χ1n) is 5.76. The van der Waals surface area contributed by atoms with Crippen molar-refractivity contribution in [3.63, 3.8) is 0 Å². The molecular weight excluding hydrogens is 266 g/mol. The van der Waals surface area contributed by atoms with Gasteiger partial charge < -0.3 is 5.11 Å². The average Bonchev–Trinajstić information content (AvgIpc) is 2.22. The molecule has 0 bridgehead atoms. The Bertz CT molecular complexity index is 339. The summed E-state index contributed by atoms with van der Waals surface area (Å²) in [5.41, 5.74) is 1.23. The van der Waals surface area contributed by atoms with Crippen molar-refractivity contribution < 1.29 is 5.11 Å². The van der Waals surface area contributed by atoms with Crippen LogP contribution in [0.1, 0.15) is 32.8 Å². The largest absolute Gasteiger partial charge is 0.507 e. The third-order valence-corrected chi connectivity index (χ3v) is 3.27. The minimum atomic E-state index is 0.301. The molecule has 1 aromatic carbocycles. The number of benzene rings is 1. The predicted octanol–water partition coefficient (Wildman–Crippen LogP) is 3.78. The summed E-state index contributed by atoms with van der Waals surface area (Å²) < 4.78 is 0.769. The van der Waals surface area contributed by atoms with Crippen molar-refractivity contribution in [3.05, 3.63) is 28.2 Å². The molecule has 0 unspecified atom stereocenters. The third-order valence-electron chi connectivity index (χ3n) is 2.64. The molecule has 0 amide bonds. The van der Waals surface area contributed by atoms with Crippen molar-refractivity contribution >= 4 is 15.9 Å². The summed E-state index contributed by atoms with van der Waals surface area (Å²) in [6.45, 7) is 8.67. The van der Waals surface area contributed by atoms with Gasteiger partial charge in [0.1, 0.15) is 5.75 Å². The van der Waals surface area contributed by atoms with Gasteiger partial charge in [0.15, 0.2) is 0 Å².